The lowest BCUT2D eigenvalue weighted by Crippen LogP contribution is -1.99. The van der Waals surface area contributed by atoms with E-state index < -0.39 is 5.97 Å². The Morgan fingerprint density at radius 3 is 2.50 bits per heavy atom. The van der Waals surface area contributed by atoms with Gasteiger partial charge in [0.1, 0.15) is 0 Å². The van der Waals surface area contributed by atoms with Crippen LogP contribution < -0.4 is 0 Å². The van der Waals surface area contributed by atoms with Gasteiger partial charge in [0.05, 0.1) is 11.1 Å². The van der Waals surface area contributed by atoms with Crippen LogP contribution in [0.25, 0.3) is 27.7 Å². The topological polar surface area (TPSA) is 42.2 Å². The van der Waals surface area contributed by atoms with Crippen molar-refractivity contribution >= 4 is 16.9 Å². The first-order chi connectivity index (χ1) is 12.7. The highest BCUT2D eigenvalue weighted by atomic mass is 16.4. The molecule has 0 fully saturated rings. The molecule has 0 amide bonds. The van der Waals surface area contributed by atoms with Gasteiger partial charge < -0.3 is 9.67 Å². The van der Waals surface area contributed by atoms with Crippen molar-refractivity contribution in [2.24, 2.45) is 0 Å². The van der Waals surface area contributed by atoms with Crippen molar-refractivity contribution in [1.29, 1.82) is 0 Å². The smallest absolute Gasteiger partial charge is 0.335 e. The Morgan fingerprint density at radius 1 is 0.962 bits per heavy atom. The normalized spacial score (nSPS) is 11.0. The van der Waals surface area contributed by atoms with E-state index >= 15 is 0 Å². The Morgan fingerprint density at radius 2 is 1.77 bits per heavy atom. The zero-order chi connectivity index (χ0) is 18.1. The minimum Gasteiger partial charge on any atom is -0.478 e. The summed E-state index contributed by atoms with van der Waals surface area (Å²) in [6.07, 6.45) is 2.97. The number of carboxylic acid groups (broad SMARTS) is 1. The van der Waals surface area contributed by atoms with Gasteiger partial charge in [-0.3, -0.25) is 0 Å². The summed E-state index contributed by atoms with van der Waals surface area (Å²) in [7, 11) is 0. The fraction of sp³-hybridized carbons (Fsp3) is 0.0870. The van der Waals surface area contributed by atoms with E-state index in [9.17, 15) is 9.90 Å². The van der Waals surface area contributed by atoms with Gasteiger partial charge in [-0.1, -0.05) is 49.4 Å². The number of benzene rings is 3. The Hall–Kier alpha value is -3.33. The summed E-state index contributed by atoms with van der Waals surface area (Å²) in [5.74, 6) is -0.915. The zero-order valence-corrected chi connectivity index (χ0v) is 14.5. The van der Waals surface area contributed by atoms with E-state index in [0.29, 0.717) is 0 Å². The van der Waals surface area contributed by atoms with Crippen LogP contribution in [-0.2, 0) is 6.42 Å². The molecule has 0 saturated carbocycles. The lowest BCUT2D eigenvalue weighted by molar-refractivity contribution is 0.0697. The molecule has 1 heterocycles. The van der Waals surface area contributed by atoms with E-state index in [-0.39, 0.29) is 5.56 Å². The van der Waals surface area contributed by atoms with E-state index in [1.807, 2.05) is 22.9 Å². The van der Waals surface area contributed by atoms with Crippen molar-refractivity contribution in [2.75, 3.05) is 0 Å². The van der Waals surface area contributed by atoms with E-state index in [2.05, 4.69) is 49.4 Å². The average molecular weight is 341 g/mol. The SMILES string of the molecule is CCc1ccc2c(ccn2-c2cccc(C(=O)O)c2)c1-c1ccccc1. The highest BCUT2D eigenvalue weighted by molar-refractivity contribution is 5.98. The number of aryl methyl sites for hydroxylation is 1. The van der Waals surface area contributed by atoms with Gasteiger partial charge in [0.15, 0.2) is 0 Å². The van der Waals surface area contributed by atoms with E-state index in [4.69, 9.17) is 0 Å². The number of carbonyl (C=O) groups is 1. The van der Waals surface area contributed by atoms with Gasteiger partial charge >= 0.3 is 5.97 Å². The quantitative estimate of drug-likeness (QED) is 0.528. The number of rotatable bonds is 4. The molecule has 0 radical (unpaired) electrons. The molecule has 0 aliphatic rings. The van der Waals surface area contributed by atoms with Crippen LogP contribution in [0.1, 0.15) is 22.8 Å². The molecule has 1 N–H and O–H groups in total. The molecule has 0 unspecified atom stereocenters. The maximum atomic E-state index is 11.3. The monoisotopic (exact) mass is 341 g/mol. The molecule has 0 atom stereocenters. The van der Waals surface area contributed by atoms with Crippen molar-refractivity contribution in [3.8, 4) is 16.8 Å². The number of hydrogen-bond acceptors (Lipinski definition) is 1. The maximum Gasteiger partial charge on any atom is 0.335 e. The molecule has 4 aromatic rings. The molecular weight excluding hydrogens is 322 g/mol. The standard InChI is InChI=1S/C23H19NO2/c1-2-16-11-12-21-20(22(16)17-7-4-3-5-8-17)13-14-24(21)19-10-6-9-18(15-19)23(25)26/h3-15H,2H2,1H3,(H,25,26). The molecular formula is C23H19NO2. The molecule has 0 bridgehead atoms. The first kappa shape index (κ1) is 16.2. The summed E-state index contributed by atoms with van der Waals surface area (Å²) >= 11 is 0. The fourth-order valence-corrected chi connectivity index (χ4v) is 3.52. The summed E-state index contributed by atoms with van der Waals surface area (Å²) in [4.78, 5) is 11.3. The predicted molar refractivity (Wildman–Crippen MR) is 105 cm³/mol. The molecule has 1 aromatic heterocycles. The number of carboxylic acids is 1. The second-order valence-electron chi connectivity index (χ2n) is 6.29. The van der Waals surface area contributed by atoms with Gasteiger partial charge in [-0.25, -0.2) is 4.79 Å². The first-order valence-corrected chi connectivity index (χ1v) is 8.71. The third kappa shape index (κ3) is 2.68. The first-order valence-electron chi connectivity index (χ1n) is 8.71. The lowest BCUT2D eigenvalue weighted by Gasteiger charge is -2.12. The van der Waals surface area contributed by atoms with E-state index in [0.717, 1.165) is 17.6 Å². The van der Waals surface area contributed by atoms with Crippen LogP contribution in [-0.4, -0.2) is 15.6 Å². The van der Waals surface area contributed by atoms with Crippen LogP contribution in [0, 0.1) is 0 Å². The van der Waals surface area contributed by atoms with Crippen LogP contribution in [0.3, 0.4) is 0 Å². The van der Waals surface area contributed by atoms with Crippen LogP contribution in [0.2, 0.25) is 0 Å². The third-order valence-electron chi connectivity index (χ3n) is 4.77. The molecule has 0 aliphatic heterocycles. The third-order valence-corrected chi connectivity index (χ3v) is 4.77. The molecule has 0 aliphatic carbocycles. The highest BCUT2D eigenvalue weighted by Crippen LogP contribution is 2.34. The molecule has 128 valence electrons. The fourth-order valence-electron chi connectivity index (χ4n) is 3.52. The summed E-state index contributed by atoms with van der Waals surface area (Å²) in [5, 5.41) is 10.4. The zero-order valence-electron chi connectivity index (χ0n) is 14.5. The van der Waals surface area contributed by atoms with Crippen LogP contribution in [0.15, 0.2) is 79.0 Å². The molecule has 0 spiro atoms. The minimum atomic E-state index is -0.915. The number of aromatic carboxylic acids is 1. The molecule has 26 heavy (non-hydrogen) atoms. The van der Waals surface area contributed by atoms with Gasteiger partial charge in [-0.15, -0.1) is 0 Å². The van der Waals surface area contributed by atoms with Gasteiger partial charge in [0.25, 0.3) is 0 Å². The highest BCUT2D eigenvalue weighted by Gasteiger charge is 2.13. The number of fused-ring (bicyclic) bond motifs is 1. The Labute approximate surface area is 152 Å². The van der Waals surface area contributed by atoms with Crippen LogP contribution in [0.4, 0.5) is 0 Å². The molecule has 3 aromatic carbocycles. The van der Waals surface area contributed by atoms with Gasteiger partial charge in [0.2, 0.25) is 0 Å². The number of nitrogens with zero attached hydrogens (tertiary/aromatic N) is 1. The van der Waals surface area contributed by atoms with Crippen LogP contribution in [0.5, 0.6) is 0 Å². The van der Waals surface area contributed by atoms with Crippen molar-refractivity contribution in [3.63, 3.8) is 0 Å². The van der Waals surface area contributed by atoms with E-state index in [1.54, 1.807) is 18.2 Å². The van der Waals surface area contributed by atoms with Crippen molar-refractivity contribution in [2.45, 2.75) is 13.3 Å². The summed E-state index contributed by atoms with van der Waals surface area (Å²) in [5.41, 5.74) is 5.97. The van der Waals surface area contributed by atoms with E-state index in [1.165, 1.54) is 22.1 Å². The van der Waals surface area contributed by atoms with Gasteiger partial charge in [-0.05, 0) is 53.4 Å². The number of aromatic nitrogens is 1. The van der Waals surface area contributed by atoms with Crippen molar-refractivity contribution in [1.82, 2.24) is 4.57 Å². The summed E-state index contributed by atoms with van der Waals surface area (Å²) < 4.78 is 2.05. The second kappa shape index (κ2) is 6.52. The minimum absolute atomic E-state index is 0.290. The summed E-state index contributed by atoms with van der Waals surface area (Å²) in [6.45, 7) is 2.17. The maximum absolute atomic E-state index is 11.3. The molecule has 0 saturated heterocycles. The Balaban J connectivity index is 1.96. The summed E-state index contributed by atoms with van der Waals surface area (Å²) in [6, 6.07) is 23.8. The Kier molecular flexibility index (Phi) is 4.05. The number of hydrogen-bond donors (Lipinski definition) is 1. The molecule has 4 rings (SSSR count). The molecule has 3 heteroatoms. The van der Waals surface area contributed by atoms with Crippen molar-refractivity contribution in [3.05, 3.63) is 90.1 Å². The van der Waals surface area contributed by atoms with Gasteiger partial charge in [0, 0.05) is 17.3 Å². The van der Waals surface area contributed by atoms with Crippen LogP contribution >= 0.6 is 0 Å². The lowest BCUT2D eigenvalue weighted by atomic mass is 9.94. The Bertz CT molecular complexity index is 1090. The molecule has 3 nitrogen and oxygen atoms in total. The largest absolute Gasteiger partial charge is 0.478 e. The van der Waals surface area contributed by atoms with Crippen molar-refractivity contribution < 1.29 is 9.90 Å². The van der Waals surface area contributed by atoms with Gasteiger partial charge in [-0.2, -0.15) is 0 Å². The second-order valence-corrected chi connectivity index (χ2v) is 6.29. The predicted octanol–water partition coefficient (Wildman–Crippen LogP) is 5.56. The average Bonchev–Trinajstić information content (AvgIpc) is 3.12.